The molecule has 13 nitrogen and oxygen atoms in total. The van der Waals surface area contributed by atoms with Gasteiger partial charge in [0, 0.05) is 37.6 Å². The van der Waals surface area contributed by atoms with E-state index in [1.807, 2.05) is 18.6 Å². The number of hydrogen-bond acceptors (Lipinski definition) is 10. The molecule has 0 aromatic carbocycles. The summed E-state index contributed by atoms with van der Waals surface area (Å²) in [5.41, 5.74) is 0.336. The third-order valence-corrected chi connectivity index (χ3v) is 7.50. The Balaban J connectivity index is 1.30. The van der Waals surface area contributed by atoms with E-state index in [2.05, 4.69) is 24.5 Å². The van der Waals surface area contributed by atoms with Crippen LogP contribution in [-0.2, 0) is 11.3 Å². The van der Waals surface area contributed by atoms with Crippen molar-refractivity contribution in [2.24, 2.45) is 0 Å². The number of imidazole rings is 1. The van der Waals surface area contributed by atoms with Gasteiger partial charge < -0.3 is 33.8 Å². The Hall–Kier alpha value is -4.26. The van der Waals surface area contributed by atoms with Gasteiger partial charge in [0.15, 0.2) is 0 Å². The normalized spacial score (nSPS) is 20.6. The molecule has 4 aromatic rings. The van der Waals surface area contributed by atoms with E-state index in [0.717, 1.165) is 31.5 Å². The smallest absolute Gasteiger partial charge is 0.396 e. The zero-order valence-electron chi connectivity index (χ0n) is 25.0. The average molecular weight is 565 g/mol. The molecule has 5 heterocycles. The second-order valence-electron chi connectivity index (χ2n) is 10.6. The number of aromatic nitrogens is 6. The van der Waals surface area contributed by atoms with E-state index in [0.29, 0.717) is 49.1 Å². The summed E-state index contributed by atoms with van der Waals surface area (Å²) in [5, 5.41) is 16.2. The van der Waals surface area contributed by atoms with E-state index < -0.39 is 17.3 Å². The van der Waals surface area contributed by atoms with Gasteiger partial charge in [-0.3, -0.25) is 4.98 Å². The van der Waals surface area contributed by atoms with E-state index in [1.165, 1.54) is 17.1 Å². The molecule has 0 atom stereocenters. The first-order valence-electron chi connectivity index (χ1n) is 14.9. The maximum absolute atomic E-state index is 11.7. The van der Waals surface area contributed by atoms with Crippen molar-refractivity contribution in [1.82, 2.24) is 29.3 Å². The van der Waals surface area contributed by atoms with Crippen molar-refractivity contribution in [2.75, 3.05) is 31.2 Å². The molecular formula is C28H34N8O5. The number of ether oxygens (including phenoxy) is 3. The third kappa shape index (κ3) is 5.94. The highest BCUT2D eigenvalue weighted by Gasteiger charge is 2.26. The molecule has 13 heteroatoms. The SMILES string of the molecule is [2H]C([2H])(Oc1cnc2cc(N3CCOCC3)nc(OC3CCC(n4ccnc4)CC3)c2c1)c1cn(C(C)C)nc1[N+](=O)[O-]. The Bertz CT molecular complexity index is 1580. The van der Waals surface area contributed by atoms with Crippen molar-refractivity contribution in [3.05, 3.63) is 58.9 Å². The number of pyridine rings is 2. The molecule has 216 valence electrons. The molecule has 1 saturated carbocycles. The van der Waals surface area contributed by atoms with Crippen molar-refractivity contribution in [3.63, 3.8) is 0 Å². The van der Waals surface area contributed by atoms with Crippen LogP contribution in [0.25, 0.3) is 10.9 Å². The standard InChI is InChI=1S/C28H34N8O5/c1-19(2)35-16-20(27(32-35)36(37)38)17-40-23-13-24-25(30-15-23)14-26(33-9-11-39-12-10-33)31-28(24)41-22-5-3-21(4-6-22)34-8-7-29-18-34/h7-8,13-16,18-19,21-22H,3-6,9-12,17H2,1-2H3/i17D2. The average Bonchev–Trinajstić information content (AvgIpc) is 3.70. The predicted molar refractivity (Wildman–Crippen MR) is 150 cm³/mol. The largest absolute Gasteiger partial charge is 0.487 e. The Morgan fingerprint density at radius 1 is 1.22 bits per heavy atom. The van der Waals surface area contributed by atoms with Crippen LogP contribution < -0.4 is 14.4 Å². The topological polar surface area (TPSA) is 135 Å². The molecule has 1 aliphatic heterocycles. The monoisotopic (exact) mass is 564 g/mol. The highest BCUT2D eigenvalue weighted by atomic mass is 16.6. The van der Waals surface area contributed by atoms with Gasteiger partial charge >= 0.3 is 5.82 Å². The van der Waals surface area contributed by atoms with Gasteiger partial charge in [-0.05, 0) is 50.5 Å². The minimum absolute atomic E-state index is 0.0593. The van der Waals surface area contributed by atoms with Crippen LogP contribution in [0, 0.1) is 10.1 Å². The molecule has 0 spiro atoms. The number of anilines is 1. The molecule has 1 aliphatic carbocycles. The second-order valence-corrected chi connectivity index (χ2v) is 10.6. The van der Waals surface area contributed by atoms with Gasteiger partial charge in [-0.15, -0.1) is 0 Å². The van der Waals surface area contributed by atoms with Gasteiger partial charge in [-0.2, -0.15) is 9.67 Å². The number of morpholine rings is 1. The summed E-state index contributed by atoms with van der Waals surface area (Å²) in [6.45, 7) is 3.63. The third-order valence-electron chi connectivity index (χ3n) is 7.50. The fraction of sp³-hybridized carbons (Fsp3) is 0.500. The molecule has 0 amide bonds. The van der Waals surface area contributed by atoms with Crippen molar-refractivity contribution in [2.45, 2.75) is 64.3 Å². The lowest BCUT2D eigenvalue weighted by Crippen LogP contribution is -2.36. The van der Waals surface area contributed by atoms with Gasteiger partial charge in [0.2, 0.25) is 5.88 Å². The summed E-state index contributed by atoms with van der Waals surface area (Å²) in [4.78, 5) is 26.7. The summed E-state index contributed by atoms with van der Waals surface area (Å²) >= 11 is 0. The van der Waals surface area contributed by atoms with Gasteiger partial charge in [0.05, 0.1) is 56.7 Å². The number of nitro groups is 1. The number of rotatable bonds is 9. The van der Waals surface area contributed by atoms with Crippen LogP contribution in [-0.4, -0.2) is 66.6 Å². The fourth-order valence-corrected chi connectivity index (χ4v) is 5.23. The predicted octanol–water partition coefficient (Wildman–Crippen LogP) is 4.49. The van der Waals surface area contributed by atoms with Crippen LogP contribution in [0.3, 0.4) is 0 Å². The lowest BCUT2D eigenvalue weighted by Gasteiger charge is -2.31. The van der Waals surface area contributed by atoms with Gasteiger partial charge in [-0.1, -0.05) is 0 Å². The van der Waals surface area contributed by atoms with Crippen molar-refractivity contribution < 1.29 is 21.9 Å². The molecule has 2 fully saturated rings. The highest BCUT2D eigenvalue weighted by Crippen LogP contribution is 2.35. The molecule has 0 N–H and O–H groups in total. The zero-order valence-corrected chi connectivity index (χ0v) is 23.0. The molecule has 0 unspecified atom stereocenters. The zero-order chi connectivity index (χ0) is 30.1. The van der Waals surface area contributed by atoms with Crippen LogP contribution in [0.2, 0.25) is 0 Å². The van der Waals surface area contributed by atoms with E-state index >= 15 is 0 Å². The first kappa shape index (κ1) is 24.5. The first-order valence-corrected chi connectivity index (χ1v) is 13.9. The minimum Gasteiger partial charge on any atom is -0.487 e. The van der Waals surface area contributed by atoms with Gasteiger partial charge in [-0.25, -0.2) is 4.98 Å². The quantitative estimate of drug-likeness (QED) is 0.211. The number of hydrogen-bond donors (Lipinski definition) is 0. The Labute approximate surface area is 240 Å². The molecular weight excluding hydrogens is 528 g/mol. The van der Waals surface area contributed by atoms with Crippen molar-refractivity contribution >= 4 is 22.5 Å². The molecule has 41 heavy (non-hydrogen) atoms. The van der Waals surface area contributed by atoms with Gasteiger partial charge in [0.1, 0.15) is 29.8 Å². The Morgan fingerprint density at radius 2 is 2.02 bits per heavy atom. The molecule has 0 radical (unpaired) electrons. The Morgan fingerprint density at radius 3 is 2.73 bits per heavy atom. The molecule has 2 aliphatic rings. The first-order chi connectivity index (χ1) is 20.7. The fourth-order valence-electron chi connectivity index (χ4n) is 5.23. The van der Waals surface area contributed by atoms with Crippen LogP contribution in [0.1, 0.15) is 59.9 Å². The molecule has 1 saturated heterocycles. The number of nitrogens with zero attached hydrogens (tertiary/aromatic N) is 8. The number of fused-ring (bicyclic) bond motifs is 1. The van der Waals surface area contributed by atoms with Gasteiger partial charge in [0.25, 0.3) is 0 Å². The maximum atomic E-state index is 11.7. The highest BCUT2D eigenvalue weighted by molar-refractivity contribution is 5.87. The van der Waals surface area contributed by atoms with Crippen LogP contribution in [0.5, 0.6) is 11.6 Å². The molecule has 4 aromatic heterocycles. The summed E-state index contributed by atoms with van der Waals surface area (Å²) in [6, 6.07) is 3.67. The Kier molecular flexibility index (Phi) is 6.99. The van der Waals surface area contributed by atoms with E-state index in [1.54, 1.807) is 26.1 Å². The van der Waals surface area contributed by atoms with E-state index in [-0.39, 0.29) is 23.5 Å². The van der Waals surface area contributed by atoms with Crippen LogP contribution in [0.15, 0.2) is 43.2 Å². The summed E-state index contributed by atoms with van der Waals surface area (Å²) in [6.07, 6.45) is 11.8. The summed E-state index contributed by atoms with van der Waals surface area (Å²) in [7, 11) is 0. The lowest BCUT2D eigenvalue weighted by atomic mass is 9.93. The molecule has 0 bridgehead atoms. The minimum atomic E-state index is -2.56. The lowest BCUT2D eigenvalue weighted by molar-refractivity contribution is -0.390. The van der Waals surface area contributed by atoms with Crippen molar-refractivity contribution in [1.29, 1.82) is 0 Å². The van der Waals surface area contributed by atoms with E-state index in [4.69, 9.17) is 21.9 Å². The maximum Gasteiger partial charge on any atom is 0.396 e. The summed E-state index contributed by atoms with van der Waals surface area (Å²) < 4.78 is 38.4. The van der Waals surface area contributed by atoms with Crippen LogP contribution >= 0.6 is 0 Å². The van der Waals surface area contributed by atoms with Crippen molar-refractivity contribution in [3.8, 4) is 11.6 Å². The summed E-state index contributed by atoms with van der Waals surface area (Å²) in [5.74, 6) is 0.603. The van der Waals surface area contributed by atoms with Crippen LogP contribution in [0.4, 0.5) is 11.6 Å². The second kappa shape index (κ2) is 11.7. The van der Waals surface area contributed by atoms with E-state index in [9.17, 15) is 10.1 Å². The molecule has 6 rings (SSSR count).